The number of alkyl halides is 2. The molecule has 0 aromatic carbocycles. The molecule has 0 saturated heterocycles. The molecule has 1 rings (SSSR count). The Balaban J connectivity index is 3.81. The van der Waals surface area contributed by atoms with Gasteiger partial charge in [-0.25, -0.2) is 14.6 Å². The van der Waals surface area contributed by atoms with Crippen molar-refractivity contribution in [2.75, 3.05) is 0 Å². The Hall–Kier alpha value is -0.950. The molecule has 5 nitrogen and oxygen atoms in total. The van der Waals surface area contributed by atoms with Gasteiger partial charge >= 0.3 is 11.9 Å². The van der Waals surface area contributed by atoms with E-state index in [4.69, 9.17) is 5.11 Å². The van der Waals surface area contributed by atoms with E-state index in [1.54, 1.807) is 6.92 Å². The highest BCUT2D eigenvalue weighted by Crippen LogP contribution is 2.36. The molecule has 0 bridgehead atoms. The van der Waals surface area contributed by atoms with Crippen molar-refractivity contribution < 1.29 is 19.8 Å². The molecule has 0 atom stereocenters. The summed E-state index contributed by atoms with van der Waals surface area (Å²) >= 11 is 6.69. The van der Waals surface area contributed by atoms with Crippen molar-refractivity contribution >= 4 is 43.8 Å². The minimum atomic E-state index is -1.32. The van der Waals surface area contributed by atoms with Crippen LogP contribution in [-0.2, 0) is 12.8 Å². The molecule has 0 aliphatic carbocycles. The number of carboxylic acids is 2. The van der Waals surface area contributed by atoms with Gasteiger partial charge in [-0.05, 0) is 18.4 Å². The van der Waals surface area contributed by atoms with Gasteiger partial charge in [0.2, 0.25) is 0 Å². The summed E-state index contributed by atoms with van der Waals surface area (Å²) in [5, 5.41) is 18.4. The van der Waals surface area contributed by atoms with E-state index in [2.05, 4.69) is 36.8 Å². The van der Waals surface area contributed by atoms with Crippen LogP contribution in [0.4, 0.5) is 0 Å². The summed E-state index contributed by atoms with van der Waals surface area (Å²) in [4.78, 5) is 26.5. The fourth-order valence-corrected chi connectivity index (χ4v) is 3.06. The summed E-state index contributed by atoms with van der Waals surface area (Å²) in [5.41, 5.74) is 1.15. The van der Waals surface area contributed by atoms with Gasteiger partial charge in [-0.2, -0.15) is 0 Å². The van der Waals surface area contributed by atoms with Crippen LogP contribution in [0.5, 0.6) is 0 Å². The second-order valence-corrected chi connectivity index (χ2v) is 6.85. The molecule has 2 N–H and O–H groups in total. The van der Waals surface area contributed by atoms with E-state index in [0.717, 1.165) is 0 Å². The quantitative estimate of drug-likeness (QED) is 0.747. The van der Waals surface area contributed by atoms with Crippen LogP contribution in [-0.4, -0.2) is 27.1 Å². The molecule has 19 heavy (non-hydrogen) atoms. The monoisotopic (exact) mass is 393 g/mol. The molecule has 7 heteroatoms. The normalized spacial score (nSPS) is 10.8. The molecule has 1 heterocycles. The molecule has 0 aliphatic heterocycles. The largest absolute Gasteiger partial charge is 0.478 e. The average Bonchev–Trinajstić information content (AvgIpc) is 2.35. The SMILES string of the molecule is CCc1nc(C(=O)O)c(C(=O)O)c(CC)c1C(Br)Br. The number of hydrogen-bond acceptors (Lipinski definition) is 3. The zero-order valence-corrected chi connectivity index (χ0v) is 13.6. The van der Waals surface area contributed by atoms with Gasteiger partial charge in [-0.15, -0.1) is 0 Å². The van der Waals surface area contributed by atoms with E-state index in [-0.39, 0.29) is 9.30 Å². The molecular formula is C12H13Br2NO4. The highest BCUT2D eigenvalue weighted by Gasteiger charge is 2.27. The molecule has 1 aromatic rings. The second kappa shape index (κ2) is 6.47. The van der Waals surface area contributed by atoms with Crippen molar-refractivity contribution in [1.29, 1.82) is 0 Å². The van der Waals surface area contributed by atoms with Crippen LogP contribution in [0.2, 0.25) is 0 Å². The Morgan fingerprint density at radius 1 is 1.16 bits per heavy atom. The Labute approximate surface area is 127 Å². The fourth-order valence-electron chi connectivity index (χ4n) is 1.98. The summed E-state index contributed by atoms with van der Waals surface area (Å²) in [6.45, 7) is 3.64. The molecule has 0 amide bonds. The van der Waals surface area contributed by atoms with E-state index in [9.17, 15) is 14.7 Å². The number of hydrogen-bond donors (Lipinski definition) is 2. The third kappa shape index (κ3) is 3.14. The standard InChI is InChI=1S/C12H13Br2NO4/c1-3-5-7(10(13)14)6(4-2)15-9(12(18)19)8(5)11(16)17/h10H,3-4H2,1-2H3,(H,16,17)(H,18,19). The van der Waals surface area contributed by atoms with Crippen LogP contribution in [0.25, 0.3) is 0 Å². The zero-order chi connectivity index (χ0) is 14.7. The van der Waals surface area contributed by atoms with Gasteiger partial charge in [0.1, 0.15) is 0 Å². The highest BCUT2D eigenvalue weighted by molar-refractivity contribution is 9.24. The van der Waals surface area contributed by atoms with Crippen LogP contribution < -0.4 is 0 Å². The highest BCUT2D eigenvalue weighted by atomic mass is 79.9. The lowest BCUT2D eigenvalue weighted by Gasteiger charge is -2.17. The number of nitrogens with zero attached hydrogens (tertiary/aromatic N) is 1. The van der Waals surface area contributed by atoms with Gasteiger partial charge in [0, 0.05) is 11.3 Å². The molecule has 0 spiro atoms. The van der Waals surface area contributed by atoms with Crippen LogP contribution in [0, 0.1) is 0 Å². The molecule has 0 aliphatic rings. The van der Waals surface area contributed by atoms with E-state index in [1.165, 1.54) is 0 Å². The van der Waals surface area contributed by atoms with Crippen molar-refractivity contribution in [2.24, 2.45) is 0 Å². The number of carbonyl (C=O) groups is 2. The molecule has 0 saturated carbocycles. The smallest absolute Gasteiger partial charge is 0.355 e. The number of aromatic carboxylic acids is 2. The summed E-state index contributed by atoms with van der Waals surface area (Å²) in [7, 11) is 0. The third-order valence-electron chi connectivity index (χ3n) is 2.74. The first-order chi connectivity index (χ1) is 8.84. The number of aryl methyl sites for hydroxylation is 1. The summed E-state index contributed by atoms with van der Waals surface area (Å²) in [5.74, 6) is -2.60. The van der Waals surface area contributed by atoms with Crippen molar-refractivity contribution in [1.82, 2.24) is 4.98 Å². The van der Waals surface area contributed by atoms with E-state index in [0.29, 0.717) is 29.7 Å². The van der Waals surface area contributed by atoms with Crippen molar-refractivity contribution in [3.8, 4) is 0 Å². The Morgan fingerprint density at radius 3 is 2.05 bits per heavy atom. The second-order valence-electron chi connectivity index (χ2n) is 3.79. The van der Waals surface area contributed by atoms with Crippen LogP contribution in [0.1, 0.15) is 55.3 Å². The van der Waals surface area contributed by atoms with Gasteiger partial charge in [0.15, 0.2) is 5.69 Å². The predicted molar refractivity (Wildman–Crippen MR) is 77.5 cm³/mol. The van der Waals surface area contributed by atoms with E-state index < -0.39 is 17.6 Å². The van der Waals surface area contributed by atoms with Gasteiger partial charge < -0.3 is 10.2 Å². The Kier molecular flexibility index (Phi) is 5.49. The lowest BCUT2D eigenvalue weighted by molar-refractivity contribution is 0.0645. The number of pyridine rings is 1. The lowest BCUT2D eigenvalue weighted by Crippen LogP contribution is -2.18. The molecule has 0 fully saturated rings. The van der Waals surface area contributed by atoms with E-state index >= 15 is 0 Å². The number of carboxylic acid groups (broad SMARTS) is 2. The van der Waals surface area contributed by atoms with Crippen LogP contribution >= 0.6 is 31.9 Å². The number of rotatable bonds is 5. The first-order valence-electron chi connectivity index (χ1n) is 5.65. The Morgan fingerprint density at radius 2 is 1.74 bits per heavy atom. The van der Waals surface area contributed by atoms with Gasteiger partial charge in [-0.3, -0.25) is 0 Å². The van der Waals surface area contributed by atoms with Gasteiger partial charge in [-0.1, -0.05) is 45.7 Å². The first-order valence-corrected chi connectivity index (χ1v) is 7.48. The van der Waals surface area contributed by atoms with Gasteiger partial charge in [0.05, 0.1) is 9.30 Å². The predicted octanol–water partition coefficient (Wildman–Crippen LogP) is 3.39. The number of aromatic nitrogens is 1. The zero-order valence-electron chi connectivity index (χ0n) is 10.4. The molecule has 104 valence electrons. The maximum absolute atomic E-state index is 11.3. The Bertz CT molecular complexity index is 529. The minimum absolute atomic E-state index is 0.230. The van der Waals surface area contributed by atoms with E-state index in [1.807, 2.05) is 6.92 Å². The first kappa shape index (κ1) is 16.1. The summed E-state index contributed by atoms with van der Waals surface area (Å²) in [6.07, 6.45) is 0.941. The molecule has 1 aromatic heterocycles. The van der Waals surface area contributed by atoms with Gasteiger partial charge in [0.25, 0.3) is 0 Å². The number of halogens is 2. The topological polar surface area (TPSA) is 87.5 Å². The molecule has 0 unspecified atom stereocenters. The fraction of sp³-hybridized carbons (Fsp3) is 0.417. The molecular weight excluding hydrogens is 382 g/mol. The summed E-state index contributed by atoms with van der Waals surface area (Å²) in [6, 6.07) is 0. The summed E-state index contributed by atoms with van der Waals surface area (Å²) < 4.78 is -0.265. The van der Waals surface area contributed by atoms with Crippen molar-refractivity contribution in [2.45, 2.75) is 30.4 Å². The maximum Gasteiger partial charge on any atom is 0.355 e. The van der Waals surface area contributed by atoms with Crippen molar-refractivity contribution in [3.05, 3.63) is 28.1 Å². The van der Waals surface area contributed by atoms with Crippen LogP contribution in [0.15, 0.2) is 0 Å². The molecule has 0 radical (unpaired) electrons. The third-order valence-corrected chi connectivity index (χ3v) is 3.66. The average molecular weight is 395 g/mol. The van der Waals surface area contributed by atoms with Crippen LogP contribution in [0.3, 0.4) is 0 Å². The maximum atomic E-state index is 11.3. The van der Waals surface area contributed by atoms with Crippen molar-refractivity contribution in [3.63, 3.8) is 0 Å². The minimum Gasteiger partial charge on any atom is -0.478 e. The lowest BCUT2D eigenvalue weighted by atomic mass is 9.96.